The molecule has 0 bridgehead atoms. The summed E-state index contributed by atoms with van der Waals surface area (Å²) >= 11 is 0. The number of H-pyrrole nitrogens is 1. The number of hydrogen-bond acceptors (Lipinski definition) is 3. The first kappa shape index (κ1) is 16.2. The van der Waals surface area contributed by atoms with Crippen molar-refractivity contribution in [3.05, 3.63) is 57.6 Å². The van der Waals surface area contributed by atoms with Crippen molar-refractivity contribution in [2.75, 3.05) is 6.54 Å². The maximum atomic E-state index is 13.4. The number of amides is 1. The van der Waals surface area contributed by atoms with Crippen LogP contribution in [0.1, 0.15) is 30.1 Å². The van der Waals surface area contributed by atoms with Crippen molar-refractivity contribution < 1.29 is 23.2 Å². The summed E-state index contributed by atoms with van der Waals surface area (Å²) in [5.74, 6) is -1.52. The van der Waals surface area contributed by atoms with Crippen molar-refractivity contribution in [3.8, 4) is 0 Å². The molecule has 1 aliphatic heterocycles. The number of halogens is 2. The number of rotatable bonds is 3. The third-order valence-corrected chi connectivity index (χ3v) is 4.36. The third-order valence-electron chi connectivity index (χ3n) is 4.36. The number of piperidine rings is 1. The Morgan fingerprint density at radius 2 is 2.12 bits per heavy atom. The Kier molecular flexibility index (Phi) is 4.37. The highest BCUT2D eigenvalue weighted by Crippen LogP contribution is 2.32. The molecule has 0 aliphatic carbocycles. The average Bonchev–Trinajstić information content (AvgIpc) is 2.97. The normalized spacial score (nSPS) is 21.0. The summed E-state index contributed by atoms with van der Waals surface area (Å²) in [5.41, 5.74) is 0.171. The maximum absolute atomic E-state index is 13.4. The minimum atomic E-state index is -1.06. The van der Waals surface area contributed by atoms with Crippen molar-refractivity contribution >= 4 is 6.09 Å². The summed E-state index contributed by atoms with van der Waals surface area (Å²) in [7, 11) is 0. The number of nitrogens with zero attached hydrogens (tertiary/aromatic N) is 1. The van der Waals surface area contributed by atoms with E-state index in [0.29, 0.717) is 24.2 Å². The number of hydrogen-bond donors (Lipinski definition) is 2. The van der Waals surface area contributed by atoms with Gasteiger partial charge in [0, 0.05) is 24.6 Å². The monoisotopic (exact) mass is 338 g/mol. The number of aromatic nitrogens is 1. The van der Waals surface area contributed by atoms with Gasteiger partial charge < -0.3 is 14.5 Å². The van der Waals surface area contributed by atoms with Gasteiger partial charge in [-0.25, -0.2) is 13.6 Å². The molecule has 24 heavy (non-hydrogen) atoms. The predicted molar refractivity (Wildman–Crippen MR) is 79.9 cm³/mol. The largest absolute Gasteiger partial charge is 0.465 e. The molecule has 1 amide bonds. The van der Waals surface area contributed by atoms with Crippen molar-refractivity contribution in [3.63, 3.8) is 0 Å². The highest BCUT2D eigenvalue weighted by Gasteiger charge is 2.34. The quantitative estimate of drug-likeness (QED) is 0.901. The van der Waals surface area contributed by atoms with Crippen molar-refractivity contribution in [1.82, 2.24) is 10.1 Å². The van der Waals surface area contributed by atoms with Gasteiger partial charge in [-0.2, -0.15) is 5.16 Å². The lowest BCUT2D eigenvalue weighted by Gasteiger charge is -2.37. The molecular formula is C16H16F2N2O4. The van der Waals surface area contributed by atoms with E-state index in [-0.39, 0.29) is 24.4 Å². The molecule has 2 atom stereocenters. The Morgan fingerprint density at radius 1 is 1.33 bits per heavy atom. The second kappa shape index (κ2) is 6.46. The van der Waals surface area contributed by atoms with E-state index in [2.05, 4.69) is 5.16 Å². The summed E-state index contributed by atoms with van der Waals surface area (Å²) in [6.07, 6.45) is 0.166. The lowest BCUT2D eigenvalue weighted by atomic mass is 9.86. The third kappa shape index (κ3) is 3.32. The molecule has 8 heteroatoms. The molecule has 0 spiro atoms. The van der Waals surface area contributed by atoms with Crippen LogP contribution in [0.5, 0.6) is 0 Å². The Labute approximate surface area is 135 Å². The van der Waals surface area contributed by atoms with Crippen LogP contribution < -0.4 is 5.56 Å². The number of nitrogens with one attached hydrogen (secondary N) is 1. The van der Waals surface area contributed by atoms with Crippen LogP contribution in [0, 0.1) is 11.6 Å². The van der Waals surface area contributed by atoms with Crippen LogP contribution in [0.3, 0.4) is 0 Å². The fraction of sp³-hybridized carbons (Fsp3) is 0.375. The zero-order valence-corrected chi connectivity index (χ0v) is 12.7. The fourth-order valence-corrected chi connectivity index (χ4v) is 3.19. The van der Waals surface area contributed by atoms with E-state index in [9.17, 15) is 23.5 Å². The summed E-state index contributed by atoms with van der Waals surface area (Å²) in [4.78, 5) is 23.9. The molecule has 3 rings (SSSR count). The minimum absolute atomic E-state index is 0.102. The molecule has 2 N–H and O–H groups in total. The van der Waals surface area contributed by atoms with Crippen LogP contribution in [-0.2, 0) is 6.42 Å². The molecule has 0 unspecified atom stereocenters. The van der Waals surface area contributed by atoms with Gasteiger partial charge >= 0.3 is 6.09 Å². The van der Waals surface area contributed by atoms with Gasteiger partial charge in [0.2, 0.25) is 0 Å². The molecule has 2 heterocycles. The van der Waals surface area contributed by atoms with Crippen LogP contribution >= 0.6 is 0 Å². The molecule has 0 saturated carbocycles. The molecule has 1 fully saturated rings. The smallest absolute Gasteiger partial charge is 0.407 e. The van der Waals surface area contributed by atoms with E-state index in [1.54, 1.807) is 0 Å². The van der Waals surface area contributed by atoms with Crippen LogP contribution in [0.4, 0.5) is 13.6 Å². The zero-order valence-electron chi connectivity index (χ0n) is 12.7. The second-order valence-electron chi connectivity index (χ2n) is 5.92. The number of aromatic amines is 1. The molecule has 0 radical (unpaired) electrons. The van der Waals surface area contributed by atoms with Crippen molar-refractivity contribution in [2.45, 2.75) is 31.2 Å². The van der Waals surface area contributed by atoms with E-state index < -0.39 is 23.8 Å². The van der Waals surface area contributed by atoms with E-state index in [1.165, 1.54) is 17.0 Å². The number of carboxylic acid groups (broad SMARTS) is 1. The van der Waals surface area contributed by atoms with Gasteiger partial charge in [-0.1, -0.05) is 6.07 Å². The number of carbonyl (C=O) groups is 1. The van der Waals surface area contributed by atoms with E-state index >= 15 is 0 Å². The first-order valence-corrected chi connectivity index (χ1v) is 7.56. The second-order valence-corrected chi connectivity index (χ2v) is 5.92. The Morgan fingerprint density at radius 3 is 2.75 bits per heavy atom. The summed E-state index contributed by atoms with van der Waals surface area (Å²) in [5, 5.41) is 11.6. The average molecular weight is 338 g/mol. The Bertz CT molecular complexity index is 801. The molecule has 1 aromatic carbocycles. The van der Waals surface area contributed by atoms with Gasteiger partial charge in [-0.3, -0.25) is 4.79 Å². The summed E-state index contributed by atoms with van der Waals surface area (Å²) < 4.78 is 31.5. The van der Waals surface area contributed by atoms with Gasteiger partial charge in [-0.05, 0) is 37.0 Å². The molecule has 128 valence electrons. The lowest BCUT2D eigenvalue weighted by molar-refractivity contribution is 0.0968. The van der Waals surface area contributed by atoms with Crippen LogP contribution in [0.25, 0.3) is 0 Å². The summed E-state index contributed by atoms with van der Waals surface area (Å²) in [6, 6.07) is 4.50. The maximum Gasteiger partial charge on any atom is 0.407 e. The Hall–Kier alpha value is -2.64. The highest BCUT2D eigenvalue weighted by atomic mass is 19.2. The molecular weight excluding hydrogens is 322 g/mol. The van der Waals surface area contributed by atoms with E-state index in [0.717, 1.165) is 12.1 Å². The Balaban J connectivity index is 1.81. The van der Waals surface area contributed by atoms with Gasteiger partial charge in [0.05, 0.1) is 0 Å². The standard InChI is InChI=1S/C16H16F2N2O4/c17-12-2-1-9(6-13(12)18)5-11-7-10(3-4-20(11)16(22)23)14-8-15(21)19-24-14/h1-2,6,8,10-11H,3-5,7H2,(H,19,21)(H,22,23)/t10-,11-/m0/s1. The highest BCUT2D eigenvalue weighted by molar-refractivity contribution is 5.65. The lowest BCUT2D eigenvalue weighted by Crippen LogP contribution is -2.46. The molecule has 2 aromatic rings. The number of benzene rings is 1. The van der Waals surface area contributed by atoms with Gasteiger partial charge in [0.15, 0.2) is 11.6 Å². The van der Waals surface area contributed by atoms with Gasteiger partial charge in [-0.15, -0.1) is 0 Å². The van der Waals surface area contributed by atoms with E-state index in [1.807, 2.05) is 0 Å². The zero-order chi connectivity index (χ0) is 17.3. The van der Waals surface area contributed by atoms with Gasteiger partial charge in [0.25, 0.3) is 5.56 Å². The first-order chi connectivity index (χ1) is 11.4. The van der Waals surface area contributed by atoms with E-state index in [4.69, 9.17) is 4.52 Å². The molecule has 1 saturated heterocycles. The first-order valence-electron chi connectivity index (χ1n) is 7.56. The van der Waals surface area contributed by atoms with Crippen molar-refractivity contribution in [2.24, 2.45) is 0 Å². The van der Waals surface area contributed by atoms with Crippen LogP contribution in [-0.4, -0.2) is 33.8 Å². The van der Waals surface area contributed by atoms with Gasteiger partial charge in [0.1, 0.15) is 5.76 Å². The topological polar surface area (TPSA) is 86.5 Å². The molecule has 1 aliphatic rings. The molecule has 6 nitrogen and oxygen atoms in total. The minimum Gasteiger partial charge on any atom is -0.465 e. The van der Waals surface area contributed by atoms with Crippen LogP contribution in [0.2, 0.25) is 0 Å². The SMILES string of the molecule is O=C(O)N1CC[C@H](c2cc(=O)[nH]o2)C[C@@H]1Cc1ccc(F)c(F)c1. The fourth-order valence-electron chi connectivity index (χ4n) is 3.19. The van der Waals surface area contributed by atoms with Crippen LogP contribution in [0.15, 0.2) is 33.6 Å². The summed E-state index contributed by atoms with van der Waals surface area (Å²) in [6.45, 7) is 0.281. The predicted octanol–water partition coefficient (Wildman–Crippen LogP) is 2.71. The van der Waals surface area contributed by atoms with Crippen molar-refractivity contribution in [1.29, 1.82) is 0 Å². The molecule has 1 aromatic heterocycles. The number of likely N-dealkylation sites (tertiary alicyclic amines) is 1.